The Balaban J connectivity index is 1.42. The second-order valence-electron chi connectivity index (χ2n) is 13.0. The maximum atomic E-state index is 14.5. The molecule has 1 aliphatic heterocycles. The highest BCUT2D eigenvalue weighted by Gasteiger charge is 2.38. The minimum atomic E-state index is -0.403. The van der Waals surface area contributed by atoms with E-state index in [0.717, 1.165) is 54.4 Å². The zero-order chi connectivity index (χ0) is 32.9. The number of para-hydroxylation sites is 1. The van der Waals surface area contributed by atoms with Crippen molar-refractivity contribution >= 4 is 72.0 Å². The van der Waals surface area contributed by atoms with Gasteiger partial charge in [-0.3, -0.25) is 19.7 Å². The summed E-state index contributed by atoms with van der Waals surface area (Å²) in [5.74, 6) is -0.428. The Bertz CT molecular complexity index is 2420. The number of amides is 2. The predicted molar refractivity (Wildman–Crippen MR) is 190 cm³/mol. The molecule has 8 rings (SSSR count). The van der Waals surface area contributed by atoms with Crippen LogP contribution in [0.3, 0.4) is 0 Å². The minimum absolute atomic E-state index is 0.0540. The van der Waals surface area contributed by atoms with Gasteiger partial charge in [0.25, 0.3) is 17.5 Å². The number of carbonyl (C=O) groups is 2. The van der Waals surface area contributed by atoms with Gasteiger partial charge in [-0.05, 0) is 90.5 Å². The first kappa shape index (κ1) is 28.6. The zero-order valence-electron chi connectivity index (χ0n) is 26.4. The van der Waals surface area contributed by atoms with Crippen LogP contribution >= 0.6 is 0 Å². The highest BCUT2D eigenvalue weighted by atomic mass is 16.6. The summed E-state index contributed by atoms with van der Waals surface area (Å²) >= 11 is 0. The van der Waals surface area contributed by atoms with Crippen molar-refractivity contribution in [2.45, 2.75) is 39.5 Å². The van der Waals surface area contributed by atoms with Crippen molar-refractivity contribution in [3.05, 3.63) is 123 Å². The van der Waals surface area contributed by atoms with Crippen LogP contribution < -0.4 is 10.6 Å². The number of anilines is 2. The van der Waals surface area contributed by atoms with E-state index in [1.165, 1.54) is 11.0 Å². The average Bonchev–Trinajstić information content (AvgIpc) is 3.06. The minimum Gasteiger partial charge on any atom is -0.399 e. The fraction of sp³-hybridized carbons (Fsp3) is 0.150. The van der Waals surface area contributed by atoms with Gasteiger partial charge in [0.05, 0.1) is 16.2 Å². The quantitative estimate of drug-likeness (QED) is 0.0517. The standard InChI is InChI=1S/C40H31N3O4/c1-20(2)23-7-5-8-24(21(3)4)38(23)42-39(44)32-17-15-30-28-10-6-9-27-25(26-12-11-22(41)19-34(26)43(46)47)13-14-29(35(27)28)31-16-18-33(40(42)45)37(32)36(30)31/h5-21H,41H2,1-4H3. The molecule has 7 heteroatoms. The van der Waals surface area contributed by atoms with Crippen molar-refractivity contribution in [2.75, 3.05) is 10.6 Å². The Hall–Kier alpha value is -5.82. The number of benzene rings is 7. The van der Waals surface area contributed by atoms with Crippen LogP contribution in [0.15, 0.2) is 91.0 Å². The van der Waals surface area contributed by atoms with Crippen LogP contribution in [0.2, 0.25) is 0 Å². The summed E-state index contributed by atoms with van der Waals surface area (Å²) in [5.41, 5.74) is 11.0. The van der Waals surface area contributed by atoms with Gasteiger partial charge in [-0.1, -0.05) is 88.4 Å². The molecule has 0 spiro atoms. The van der Waals surface area contributed by atoms with Gasteiger partial charge in [-0.25, -0.2) is 4.90 Å². The van der Waals surface area contributed by atoms with Crippen molar-refractivity contribution in [2.24, 2.45) is 0 Å². The van der Waals surface area contributed by atoms with Gasteiger partial charge in [-0.15, -0.1) is 0 Å². The second kappa shape index (κ2) is 10.1. The molecule has 0 saturated carbocycles. The molecule has 0 bridgehead atoms. The molecule has 0 unspecified atom stereocenters. The monoisotopic (exact) mass is 617 g/mol. The number of fused-ring (bicyclic) bond motifs is 2. The smallest absolute Gasteiger partial charge is 0.279 e. The molecule has 1 heterocycles. The van der Waals surface area contributed by atoms with Crippen molar-refractivity contribution < 1.29 is 14.5 Å². The van der Waals surface area contributed by atoms with Crippen molar-refractivity contribution in [3.63, 3.8) is 0 Å². The summed E-state index contributed by atoms with van der Waals surface area (Å²) in [7, 11) is 0. The van der Waals surface area contributed by atoms with Crippen LogP contribution in [0.1, 0.15) is 71.4 Å². The van der Waals surface area contributed by atoms with Crippen LogP contribution in [0.25, 0.3) is 54.2 Å². The molecule has 7 aromatic carbocycles. The van der Waals surface area contributed by atoms with Gasteiger partial charge in [0.15, 0.2) is 0 Å². The van der Waals surface area contributed by atoms with E-state index >= 15 is 0 Å². The SMILES string of the molecule is CC(C)c1cccc(C(C)C)c1N1C(=O)c2ccc3c4cccc5c(-c6ccc(N)cc6[N+](=O)[O-])ccc(c6ccc(c2c36)C1=O)c54. The second-order valence-corrected chi connectivity index (χ2v) is 13.0. The van der Waals surface area contributed by atoms with Crippen LogP contribution in [0.4, 0.5) is 17.1 Å². The number of nitro benzene ring substituents is 1. The summed E-state index contributed by atoms with van der Waals surface area (Å²) in [6.45, 7) is 8.32. The lowest BCUT2D eigenvalue weighted by Crippen LogP contribution is -2.41. The molecule has 0 fully saturated rings. The number of nitro groups is 1. The molecule has 7 nitrogen and oxygen atoms in total. The lowest BCUT2D eigenvalue weighted by molar-refractivity contribution is -0.384. The molecular formula is C40H31N3O4. The summed E-state index contributed by atoms with van der Waals surface area (Å²) in [6, 6.07) is 28.3. The van der Waals surface area contributed by atoms with Crippen LogP contribution in [-0.4, -0.2) is 16.7 Å². The zero-order valence-corrected chi connectivity index (χ0v) is 26.4. The van der Waals surface area contributed by atoms with E-state index in [1.807, 2.05) is 72.8 Å². The largest absolute Gasteiger partial charge is 0.399 e. The predicted octanol–water partition coefficient (Wildman–Crippen LogP) is 9.94. The Kier molecular flexibility index (Phi) is 6.15. The molecule has 7 aromatic rings. The molecule has 1 aliphatic rings. The number of carbonyl (C=O) groups excluding carboxylic acids is 2. The third kappa shape index (κ3) is 3.92. The lowest BCUT2D eigenvalue weighted by Gasteiger charge is -2.32. The van der Waals surface area contributed by atoms with E-state index < -0.39 is 4.92 Å². The lowest BCUT2D eigenvalue weighted by atomic mass is 9.83. The fourth-order valence-electron chi connectivity index (χ4n) is 7.62. The van der Waals surface area contributed by atoms with Crippen LogP contribution in [-0.2, 0) is 0 Å². The Morgan fingerprint density at radius 2 is 1.09 bits per heavy atom. The maximum Gasteiger partial charge on any atom is 0.279 e. The van der Waals surface area contributed by atoms with Crippen molar-refractivity contribution in [3.8, 4) is 11.1 Å². The molecule has 230 valence electrons. The highest BCUT2D eigenvalue weighted by molar-refractivity contribution is 6.42. The van der Waals surface area contributed by atoms with Crippen molar-refractivity contribution in [1.29, 1.82) is 0 Å². The van der Waals surface area contributed by atoms with Gasteiger partial charge >= 0.3 is 0 Å². The van der Waals surface area contributed by atoms with Crippen LogP contribution in [0.5, 0.6) is 0 Å². The molecule has 2 N–H and O–H groups in total. The first-order valence-electron chi connectivity index (χ1n) is 15.8. The number of hydrogen-bond acceptors (Lipinski definition) is 5. The third-order valence-electron chi connectivity index (χ3n) is 9.72. The molecule has 0 aliphatic carbocycles. The van der Waals surface area contributed by atoms with E-state index in [4.69, 9.17) is 5.73 Å². The summed E-state index contributed by atoms with van der Waals surface area (Å²) < 4.78 is 0. The van der Waals surface area contributed by atoms with Gasteiger partial charge in [-0.2, -0.15) is 0 Å². The number of nitrogens with two attached hydrogens (primary N) is 1. The molecule has 0 aromatic heterocycles. The Labute approximate surface area is 270 Å². The summed E-state index contributed by atoms with van der Waals surface area (Å²) in [5, 5.41) is 19.1. The number of rotatable bonds is 5. The van der Waals surface area contributed by atoms with E-state index in [1.54, 1.807) is 12.1 Å². The number of imide groups is 1. The number of hydrogen-bond donors (Lipinski definition) is 1. The first-order chi connectivity index (χ1) is 22.6. The molecule has 0 radical (unpaired) electrons. The summed E-state index contributed by atoms with van der Waals surface area (Å²) in [4.78, 5) is 42.0. The molecule has 47 heavy (non-hydrogen) atoms. The van der Waals surface area contributed by atoms with Crippen molar-refractivity contribution in [1.82, 2.24) is 0 Å². The van der Waals surface area contributed by atoms with Gasteiger partial charge in [0.2, 0.25) is 0 Å². The van der Waals surface area contributed by atoms with Gasteiger partial charge < -0.3 is 5.73 Å². The highest BCUT2D eigenvalue weighted by Crippen LogP contribution is 2.48. The van der Waals surface area contributed by atoms with Gasteiger partial charge in [0, 0.05) is 28.3 Å². The van der Waals surface area contributed by atoms with E-state index in [-0.39, 0.29) is 29.3 Å². The third-order valence-corrected chi connectivity index (χ3v) is 9.72. The Morgan fingerprint density at radius 3 is 1.66 bits per heavy atom. The molecule has 2 amide bonds. The average molecular weight is 618 g/mol. The molecular weight excluding hydrogens is 586 g/mol. The number of nitrogens with zero attached hydrogens (tertiary/aromatic N) is 2. The first-order valence-corrected chi connectivity index (χ1v) is 15.8. The fourth-order valence-corrected chi connectivity index (χ4v) is 7.62. The summed E-state index contributed by atoms with van der Waals surface area (Å²) in [6.07, 6.45) is 0. The van der Waals surface area contributed by atoms with E-state index in [9.17, 15) is 19.7 Å². The molecule has 0 saturated heterocycles. The van der Waals surface area contributed by atoms with Gasteiger partial charge in [0.1, 0.15) is 0 Å². The Morgan fingerprint density at radius 1 is 0.596 bits per heavy atom. The maximum absolute atomic E-state index is 14.5. The normalized spacial score (nSPS) is 13.4. The van der Waals surface area contributed by atoms with Crippen LogP contribution in [0, 0.1) is 10.1 Å². The van der Waals surface area contributed by atoms with E-state index in [2.05, 4.69) is 27.7 Å². The molecule has 0 atom stereocenters. The van der Waals surface area contributed by atoms with E-state index in [0.29, 0.717) is 33.5 Å². The number of nitrogen functional groups attached to an aromatic ring is 1. The topological polar surface area (TPSA) is 107 Å².